The Hall–Kier alpha value is -1.91. The highest BCUT2D eigenvalue weighted by Crippen LogP contribution is 2.46. The van der Waals surface area contributed by atoms with Gasteiger partial charge in [0.25, 0.3) is 5.91 Å². The number of piperidine rings is 1. The van der Waals surface area contributed by atoms with Crippen LogP contribution in [0, 0.1) is 5.41 Å². The van der Waals surface area contributed by atoms with Gasteiger partial charge in [0.15, 0.2) is 11.5 Å². The predicted octanol–water partition coefficient (Wildman–Crippen LogP) is 3.21. The van der Waals surface area contributed by atoms with Gasteiger partial charge in [-0.2, -0.15) is 0 Å². The average molecular weight is 319 g/mol. The zero-order chi connectivity index (χ0) is 16.4. The molecule has 1 aromatic carbocycles. The van der Waals surface area contributed by atoms with E-state index in [1.165, 1.54) is 39.9 Å². The highest BCUT2D eigenvalue weighted by atomic mass is 16.5. The smallest absolute Gasteiger partial charge is 0.254 e. The van der Waals surface area contributed by atoms with Crippen LogP contribution in [0.2, 0.25) is 0 Å². The van der Waals surface area contributed by atoms with Crippen molar-refractivity contribution < 1.29 is 19.4 Å². The molecule has 0 aromatic heterocycles. The Bertz CT molecular complexity index is 558. The summed E-state index contributed by atoms with van der Waals surface area (Å²) in [5.41, 5.74) is 0.986. The Labute approximate surface area is 137 Å². The first-order valence-corrected chi connectivity index (χ1v) is 8.33. The van der Waals surface area contributed by atoms with Crippen molar-refractivity contribution in [2.75, 3.05) is 27.3 Å². The van der Waals surface area contributed by atoms with Gasteiger partial charge in [0.05, 0.1) is 14.2 Å². The standard InChI is InChI=1S/C18H25NO4/c1-22-14-11-13(12-15(23-2)16(14)20)17(21)19-9-7-18(8-10-19)5-3-4-6-18/h11-12,20H,3-10H2,1-2H3. The van der Waals surface area contributed by atoms with Gasteiger partial charge in [0.1, 0.15) is 0 Å². The van der Waals surface area contributed by atoms with Gasteiger partial charge in [0.2, 0.25) is 5.75 Å². The lowest BCUT2D eigenvalue weighted by Gasteiger charge is -2.39. The van der Waals surface area contributed by atoms with Crippen molar-refractivity contribution >= 4 is 5.91 Å². The fraction of sp³-hybridized carbons (Fsp3) is 0.611. The summed E-state index contributed by atoms with van der Waals surface area (Å²) >= 11 is 0. The minimum Gasteiger partial charge on any atom is -0.502 e. The maximum absolute atomic E-state index is 12.8. The van der Waals surface area contributed by atoms with E-state index in [1.54, 1.807) is 12.1 Å². The lowest BCUT2D eigenvalue weighted by molar-refractivity contribution is 0.0587. The first kappa shape index (κ1) is 16.0. The highest BCUT2D eigenvalue weighted by molar-refractivity contribution is 5.95. The quantitative estimate of drug-likeness (QED) is 0.929. The fourth-order valence-electron chi connectivity index (χ4n) is 4.01. The van der Waals surface area contributed by atoms with E-state index in [0.29, 0.717) is 11.0 Å². The minimum atomic E-state index is -0.0740. The molecule has 3 rings (SSSR count). The van der Waals surface area contributed by atoms with E-state index < -0.39 is 0 Å². The third-order valence-corrected chi connectivity index (χ3v) is 5.50. The van der Waals surface area contributed by atoms with E-state index in [1.807, 2.05) is 4.90 Å². The number of carbonyl (C=O) groups excluding carboxylic acids is 1. The van der Waals surface area contributed by atoms with Gasteiger partial charge in [0, 0.05) is 18.7 Å². The van der Waals surface area contributed by atoms with Crippen LogP contribution in [0.4, 0.5) is 0 Å². The first-order valence-electron chi connectivity index (χ1n) is 8.33. The molecule has 1 aliphatic carbocycles. The number of benzene rings is 1. The summed E-state index contributed by atoms with van der Waals surface area (Å²) in [7, 11) is 2.93. The van der Waals surface area contributed by atoms with E-state index in [2.05, 4.69) is 0 Å². The molecular formula is C18H25NO4. The van der Waals surface area contributed by atoms with E-state index in [4.69, 9.17) is 9.47 Å². The van der Waals surface area contributed by atoms with E-state index >= 15 is 0 Å². The molecule has 1 heterocycles. The normalized spacial score (nSPS) is 19.8. The van der Waals surface area contributed by atoms with E-state index in [0.717, 1.165) is 25.9 Å². The number of ether oxygens (including phenoxy) is 2. The SMILES string of the molecule is COc1cc(C(=O)N2CCC3(CCCC3)CC2)cc(OC)c1O. The van der Waals surface area contributed by atoms with Crippen molar-refractivity contribution in [3.05, 3.63) is 17.7 Å². The number of amides is 1. The van der Waals surface area contributed by atoms with Crippen molar-refractivity contribution in [2.45, 2.75) is 38.5 Å². The van der Waals surface area contributed by atoms with Crippen LogP contribution in [0.5, 0.6) is 17.2 Å². The van der Waals surface area contributed by atoms with Crippen molar-refractivity contribution in [1.29, 1.82) is 0 Å². The monoisotopic (exact) mass is 319 g/mol. The largest absolute Gasteiger partial charge is 0.502 e. The molecule has 1 saturated carbocycles. The van der Waals surface area contributed by atoms with Crippen molar-refractivity contribution in [3.8, 4) is 17.2 Å². The lowest BCUT2D eigenvalue weighted by atomic mass is 9.77. The van der Waals surface area contributed by atoms with E-state index in [-0.39, 0.29) is 23.2 Å². The molecule has 0 atom stereocenters. The number of carbonyl (C=O) groups is 1. The first-order chi connectivity index (χ1) is 11.1. The maximum Gasteiger partial charge on any atom is 0.254 e. The number of hydrogen-bond donors (Lipinski definition) is 1. The number of likely N-dealkylation sites (tertiary alicyclic amines) is 1. The molecule has 1 N–H and O–H groups in total. The molecule has 1 aliphatic heterocycles. The molecule has 2 aliphatic rings. The predicted molar refractivity (Wildman–Crippen MR) is 87.2 cm³/mol. The van der Waals surface area contributed by atoms with Crippen LogP contribution in [0.15, 0.2) is 12.1 Å². The third kappa shape index (κ3) is 2.96. The van der Waals surface area contributed by atoms with Gasteiger partial charge in [-0.25, -0.2) is 0 Å². The molecule has 1 saturated heterocycles. The van der Waals surface area contributed by atoms with Crippen LogP contribution >= 0.6 is 0 Å². The Morgan fingerprint density at radius 2 is 1.57 bits per heavy atom. The summed E-state index contributed by atoms with van der Waals surface area (Å²) in [5, 5.41) is 9.97. The van der Waals surface area contributed by atoms with Crippen LogP contribution in [0.25, 0.3) is 0 Å². The zero-order valence-corrected chi connectivity index (χ0v) is 13.9. The van der Waals surface area contributed by atoms with Crippen LogP contribution in [-0.2, 0) is 0 Å². The van der Waals surface area contributed by atoms with E-state index in [9.17, 15) is 9.90 Å². The van der Waals surface area contributed by atoms with Gasteiger partial charge in [-0.15, -0.1) is 0 Å². The fourth-order valence-corrected chi connectivity index (χ4v) is 4.01. The number of methoxy groups -OCH3 is 2. The van der Waals surface area contributed by atoms with Gasteiger partial charge in [-0.05, 0) is 43.2 Å². The van der Waals surface area contributed by atoms with Gasteiger partial charge >= 0.3 is 0 Å². The van der Waals surface area contributed by atoms with Crippen LogP contribution in [0.3, 0.4) is 0 Å². The zero-order valence-electron chi connectivity index (χ0n) is 13.9. The van der Waals surface area contributed by atoms with Gasteiger partial charge < -0.3 is 19.5 Å². The minimum absolute atomic E-state index is 0.0190. The Kier molecular flexibility index (Phi) is 4.37. The lowest BCUT2D eigenvalue weighted by Crippen LogP contribution is -2.42. The second-order valence-electron chi connectivity index (χ2n) is 6.73. The van der Waals surface area contributed by atoms with Crippen LogP contribution in [0.1, 0.15) is 48.9 Å². The summed E-state index contributed by atoms with van der Waals surface area (Å²) < 4.78 is 10.3. The second kappa shape index (κ2) is 6.30. The second-order valence-corrected chi connectivity index (χ2v) is 6.73. The number of phenolic OH excluding ortho intramolecular Hbond substituents is 1. The number of phenols is 1. The summed E-state index contributed by atoms with van der Waals surface area (Å²) in [6, 6.07) is 3.17. The van der Waals surface area contributed by atoms with Crippen molar-refractivity contribution in [2.24, 2.45) is 5.41 Å². The average Bonchev–Trinajstić information content (AvgIpc) is 3.03. The van der Waals surface area contributed by atoms with Crippen molar-refractivity contribution in [1.82, 2.24) is 4.90 Å². The van der Waals surface area contributed by atoms with Gasteiger partial charge in [-0.3, -0.25) is 4.79 Å². The molecular weight excluding hydrogens is 294 g/mol. The Morgan fingerprint density at radius 3 is 2.04 bits per heavy atom. The molecule has 2 fully saturated rings. The van der Waals surface area contributed by atoms with Crippen LogP contribution in [-0.4, -0.2) is 43.2 Å². The Balaban J connectivity index is 1.76. The molecule has 0 bridgehead atoms. The van der Waals surface area contributed by atoms with Crippen LogP contribution < -0.4 is 9.47 Å². The number of nitrogens with zero attached hydrogens (tertiary/aromatic N) is 1. The molecule has 0 unspecified atom stereocenters. The molecule has 5 heteroatoms. The molecule has 0 radical (unpaired) electrons. The molecule has 126 valence electrons. The summed E-state index contributed by atoms with van der Waals surface area (Å²) in [5.74, 6) is 0.429. The summed E-state index contributed by atoms with van der Waals surface area (Å²) in [4.78, 5) is 14.7. The molecule has 5 nitrogen and oxygen atoms in total. The summed E-state index contributed by atoms with van der Waals surface area (Å²) in [6.45, 7) is 1.62. The number of hydrogen-bond acceptors (Lipinski definition) is 4. The number of aromatic hydroxyl groups is 1. The molecule has 1 spiro atoms. The van der Waals surface area contributed by atoms with Crippen molar-refractivity contribution in [3.63, 3.8) is 0 Å². The topological polar surface area (TPSA) is 59.0 Å². The maximum atomic E-state index is 12.8. The Morgan fingerprint density at radius 1 is 1.04 bits per heavy atom. The number of rotatable bonds is 3. The highest BCUT2D eigenvalue weighted by Gasteiger charge is 2.38. The summed E-state index contributed by atoms with van der Waals surface area (Å²) in [6.07, 6.45) is 7.50. The molecule has 1 aromatic rings. The van der Waals surface area contributed by atoms with Gasteiger partial charge in [-0.1, -0.05) is 12.8 Å². The molecule has 1 amide bonds. The third-order valence-electron chi connectivity index (χ3n) is 5.50. The molecule has 23 heavy (non-hydrogen) atoms.